The van der Waals surface area contributed by atoms with Gasteiger partial charge in [0, 0.05) is 12.4 Å². The van der Waals surface area contributed by atoms with Crippen molar-refractivity contribution in [3.63, 3.8) is 0 Å². The Balaban J connectivity index is 2.98. The Kier molecular flexibility index (Phi) is 1.92. The molecule has 1 aromatic rings. The van der Waals surface area contributed by atoms with E-state index in [1.54, 1.807) is 0 Å². The predicted molar refractivity (Wildman–Crippen MR) is 32.9 cm³/mol. The lowest BCUT2D eigenvalue weighted by atomic mass is 10.8. The van der Waals surface area contributed by atoms with Gasteiger partial charge in [-0.15, -0.1) is 0 Å². The SMILES string of the molecule is O=[PH](O)c1cnccn1. The molecule has 0 fully saturated rings. The van der Waals surface area contributed by atoms with Crippen LogP contribution in [-0.4, -0.2) is 14.9 Å². The lowest BCUT2D eigenvalue weighted by molar-refractivity contribution is 0.512. The minimum Gasteiger partial charge on any atom is -0.342 e. The number of nitrogens with zero attached hydrogens (tertiary/aromatic N) is 2. The van der Waals surface area contributed by atoms with E-state index in [2.05, 4.69) is 9.97 Å². The van der Waals surface area contributed by atoms with Crippen LogP contribution in [-0.2, 0) is 4.57 Å². The van der Waals surface area contributed by atoms with Gasteiger partial charge in [-0.2, -0.15) is 0 Å². The molecule has 0 aliphatic rings. The molecule has 0 aromatic carbocycles. The van der Waals surface area contributed by atoms with Crippen molar-refractivity contribution >= 4 is 13.5 Å². The average molecular weight is 144 g/mol. The zero-order chi connectivity index (χ0) is 6.69. The normalized spacial score (nSPS) is 13.0. The highest BCUT2D eigenvalue weighted by Gasteiger charge is 1.96. The largest absolute Gasteiger partial charge is 0.342 e. The van der Waals surface area contributed by atoms with Crippen LogP contribution >= 0.6 is 8.03 Å². The van der Waals surface area contributed by atoms with Crippen LogP contribution in [0.3, 0.4) is 0 Å². The van der Waals surface area contributed by atoms with Gasteiger partial charge in [-0.05, 0) is 0 Å². The molecule has 0 aliphatic carbocycles. The summed E-state index contributed by atoms with van der Waals surface area (Å²) in [6.45, 7) is 0. The third-order valence-corrected chi connectivity index (χ3v) is 1.48. The quantitative estimate of drug-likeness (QED) is 0.543. The molecule has 48 valence electrons. The van der Waals surface area contributed by atoms with E-state index in [1.807, 2.05) is 0 Å². The van der Waals surface area contributed by atoms with Crippen molar-refractivity contribution in [3.8, 4) is 0 Å². The maximum atomic E-state index is 10.3. The lowest BCUT2D eigenvalue weighted by Gasteiger charge is -1.88. The molecule has 0 amide bonds. The molecule has 0 saturated carbocycles. The van der Waals surface area contributed by atoms with Crippen LogP contribution in [0.1, 0.15) is 0 Å². The molecule has 4 nitrogen and oxygen atoms in total. The number of hydrogen-bond acceptors (Lipinski definition) is 3. The summed E-state index contributed by atoms with van der Waals surface area (Å²) < 4.78 is 10.3. The summed E-state index contributed by atoms with van der Waals surface area (Å²) in [7, 11) is -2.64. The molecule has 0 spiro atoms. The average Bonchev–Trinajstić information content (AvgIpc) is 1.90. The molecule has 1 heterocycles. The van der Waals surface area contributed by atoms with E-state index in [-0.39, 0.29) is 5.44 Å². The van der Waals surface area contributed by atoms with Gasteiger partial charge in [0.1, 0.15) is 5.44 Å². The summed E-state index contributed by atoms with van der Waals surface area (Å²) in [5, 5.41) is 0. The molecule has 0 radical (unpaired) electrons. The highest BCUT2D eigenvalue weighted by molar-refractivity contribution is 7.46. The van der Waals surface area contributed by atoms with Crippen molar-refractivity contribution in [1.82, 2.24) is 9.97 Å². The Labute approximate surface area is 52.5 Å². The first kappa shape index (κ1) is 6.39. The molecule has 1 N–H and O–H groups in total. The summed E-state index contributed by atoms with van der Waals surface area (Å²) in [6, 6.07) is 0. The Bertz CT molecular complexity index is 213. The highest BCUT2D eigenvalue weighted by atomic mass is 31.1. The molecule has 9 heavy (non-hydrogen) atoms. The summed E-state index contributed by atoms with van der Waals surface area (Å²) >= 11 is 0. The monoisotopic (exact) mass is 144 g/mol. The molecule has 1 unspecified atom stereocenters. The molecular weight excluding hydrogens is 139 g/mol. The molecule has 0 aliphatic heterocycles. The lowest BCUT2D eigenvalue weighted by Crippen LogP contribution is -2.00. The van der Waals surface area contributed by atoms with E-state index in [0.29, 0.717) is 0 Å². The van der Waals surface area contributed by atoms with Gasteiger partial charge >= 0.3 is 0 Å². The fraction of sp³-hybridized carbons (Fsp3) is 0. The van der Waals surface area contributed by atoms with E-state index < -0.39 is 8.03 Å². The molecule has 0 bridgehead atoms. The highest BCUT2D eigenvalue weighted by Crippen LogP contribution is 2.07. The van der Waals surface area contributed by atoms with E-state index in [1.165, 1.54) is 18.6 Å². The molecule has 1 aromatic heterocycles. The van der Waals surface area contributed by atoms with E-state index in [4.69, 9.17) is 4.89 Å². The van der Waals surface area contributed by atoms with Crippen molar-refractivity contribution in [1.29, 1.82) is 0 Å². The fourth-order valence-corrected chi connectivity index (χ4v) is 0.779. The molecule has 0 saturated heterocycles. The Morgan fingerprint density at radius 3 is 2.67 bits per heavy atom. The standard InChI is InChI=1S/C4H5N2O2P/c7-9(8)4-3-5-1-2-6-4/h1-3,9H,(H,7,8). The summed E-state index contributed by atoms with van der Waals surface area (Å²) in [5.41, 5.74) is 0.155. The Hall–Kier alpha value is -0.730. The first-order valence-electron chi connectivity index (χ1n) is 2.30. The Morgan fingerprint density at radius 1 is 1.56 bits per heavy atom. The van der Waals surface area contributed by atoms with Gasteiger partial charge < -0.3 is 4.89 Å². The van der Waals surface area contributed by atoms with Gasteiger partial charge in [-0.1, -0.05) is 0 Å². The van der Waals surface area contributed by atoms with Gasteiger partial charge in [0.15, 0.2) is 0 Å². The summed E-state index contributed by atoms with van der Waals surface area (Å²) in [6.07, 6.45) is 4.11. The minimum absolute atomic E-state index is 0.155. The van der Waals surface area contributed by atoms with Gasteiger partial charge in [0.2, 0.25) is 8.03 Å². The first-order valence-corrected chi connectivity index (χ1v) is 3.65. The molecule has 1 atom stereocenters. The Morgan fingerprint density at radius 2 is 2.33 bits per heavy atom. The van der Waals surface area contributed by atoms with Crippen LogP contribution in [0.5, 0.6) is 0 Å². The number of rotatable bonds is 1. The molecule has 1 rings (SSSR count). The van der Waals surface area contributed by atoms with Gasteiger partial charge in [0.05, 0.1) is 6.20 Å². The van der Waals surface area contributed by atoms with Crippen molar-refractivity contribution in [2.24, 2.45) is 0 Å². The molecule has 5 heteroatoms. The first-order chi connectivity index (χ1) is 4.30. The summed E-state index contributed by atoms with van der Waals surface area (Å²) in [5.74, 6) is 0. The fourth-order valence-electron chi connectivity index (χ4n) is 0.410. The van der Waals surface area contributed by atoms with Crippen molar-refractivity contribution < 1.29 is 9.46 Å². The zero-order valence-corrected chi connectivity index (χ0v) is 5.48. The van der Waals surface area contributed by atoms with Crippen LogP contribution < -0.4 is 5.44 Å². The second-order valence-electron chi connectivity index (χ2n) is 1.40. The van der Waals surface area contributed by atoms with Gasteiger partial charge in [-0.3, -0.25) is 9.55 Å². The van der Waals surface area contributed by atoms with Crippen LogP contribution in [0.25, 0.3) is 0 Å². The van der Waals surface area contributed by atoms with Crippen molar-refractivity contribution in [2.45, 2.75) is 0 Å². The predicted octanol–water partition coefficient (Wildman–Crippen LogP) is -0.431. The van der Waals surface area contributed by atoms with Crippen molar-refractivity contribution in [2.75, 3.05) is 0 Å². The van der Waals surface area contributed by atoms with Gasteiger partial charge in [0.25, 0.3) is 0 Å². The zero-order valence-electron chi connectivity index (χ0n) is 4.48. The van der Waals surface area contributed by atoms with Gasteiger partial charge in [-0.25, -0.2) is 4.98 Å². The van der Waals surface area contributed by atoms with Crippen LogP contribution in [0.15, 0.2) is 18.6 Å². The van der Waals surface area contributed by atoms with Crippen LogP contribution in [0, 0.1) is 0 Å². The maximum absolute atomic E-state index is 10.3. The second-order valence-corrected chi connectivity index (χ2v) is 2.52. The van der Waals surface area contributed by atoms with Crippen LogP contribution in [0.2, 0.25) is 0 Å². The van der Waals surface area contributed by atoms with Crippen LogP contribution in [0.4, 0.5) is 0 Å². The number of hydrogen-bond donors (Lipinski definition) is 1. The van der Waals surface area contributed by atoms with E-state index in [9.17, 15) is 4.57 Å². The molecular formula is C4H5N2O2P. The second kappa shape index (κ2) is 2.71. The number of aromatic nitrogens is 2. The van der Waals surface area contributed by atoms with E-state index in [0.717, 1.165) is 0 Å². The van der Waals surface area contributed by atoms with Crippen molar-refractivity contribution in [3.05, 3.63) is 18.6 Å². The third kappa shape index (κ3) is 1.59. The minimum atomic E-state index is -2.64. The smallest absolute Gasteiger partial charge is 0.237 e. The van der Waals surface area contributed by atoms with E-state index >= 15 is 0 Å². The maximum Gasteiger partial charge on any atom is 0.237 e. The third-order valence-electron chi connectivity index (χ3n) is 0.782. The summed E-state index contributed by atoms with van der Waals surface area (Å²) in [4.78, 5) is 15.7. The topological polar surface area (TPSA) is 63.1 Å².